The molecule has 30 heavy (non-hydrogen) atoms. The molecule has 3 rings (SSSR count). The second-order valence-corrected chi connectivity index (χ2v) is 7.35. The van der Waals surface area contributed by atoms with E-state index in [1.807, 2.05) is 5.32 Å². The molecule has 1 atom stereocenters. The number of fused-ring (bicyclic) bond motifs is 1. The summed E-state index contributed by atoms with van der Waals surface area (Å²) in [5.41, 5.74) is 3.43. The zero-order valence-corrected chi connectivity index (χ0v) is 16.9. The van der Waals surface area contributed by atoms with Gasteiger partial charge in [0.05, 0.1) is 16.9 Å². The molecule has 0 aliphatic carbocycles. The first-order valence-corrected chi connectivity index (χ1v) is 9.34. The Hall–Kier alpha value is -3.07. The fourth-order valence-electron chi connectivity index (χ4n) is 2.88. The number of carbonyl (C=O) groups is 1. The molecular weight excluding hydrogens is 419 g/mol. The van der Waals surface area contributed by atoms with Crippen molar-refractivity contribution in [3.8, 4) is 11.1 Å². The van der Waals surface area contributed by atoms with Crippen LogP contribution in [0.4, 0.5) is 18.9 Å². The normalized spacial score (nSPS) is 12.5. The fraction of sp³-hybridized carbons (Fsp3) is 0.250. The van der Waals surface area contributed by atoms with E-state index in [2.05, 4.69) is 20.3 Å². The number of rotatable bonds is 6. The number of H-pyrrole nitrogens is 1. The van der Waals surface area contributed by atoms with Crippen molar-refractivity contribution < 1.29 is 18.0 Å². The Morgan fingerprint density at radius 2 is 2.03 bits per heavy atom. The largest absolute Gasteiger partial charge is 0.405 e. The summed E-state index contributed by atoms with van der Waals surface area (Å²) in [4.78, 5) is 23.7. The maximum Gasteiger partial charge on any atom is 0.405 e. The molecule has 0 aliphatic heterocycles. The Kier molecular flexibility index (Phi) is 6.31. The Morgan fingerprint density at radius 1 is 1.27 bits per heavy atom. The van der Waals surface area contributed by atoms with Crippen molar-refractivity contribution in [2.75, 3.05) is 11.9 Å². The molecular formula is C20H19ClF3N5O. The van der Waals surface area contributed by atoms with Gasteiger partial charge in [0.2, 0.25) is 5.91 Å². The van der Waals surface area contributed by atoms with Crippen LogP contribution in [-0.4, -0.2) is 39.6 Å². The molecule has 3 aromatic rings. The van der Waals surface area contributed by atoms with Gasteiger partial charge < -0.3 is 15.6 Å². The van der Waals surface area contributed by atoms with Gasteiger partial charge in [-0.05, 0) is 26.0 Å². The third kappa shape index (κ3) is 5.50. The van der Waals surface area contributed by atoms with Crippen molar-refractivity contribution in [3.63, 3.8) is 0 Å². The quantitative estimate of drug-likeness (QED) is 0.488. The van der Waals surface area contributed by atoms with E-state index in [4.69, 9.17) is 11.6 Å². The van der Waals surface area contributed by atoms with Gasteiger partial charge in [-0.1, -0.05) is 23.3 Å². The van der Waals surface area contributed by atoms with Gasteiger partial charge in [-0.15, -0.1) is 0 Å². The minimum Gasteiger partial charge on any atom is -0.369 e. The van der Waals surface area contributed by atoms with Gasteiger partial charge in [-0.25, -0.2) is 4.98 Å². The number of nitrogens with one attached hydrogen (secondary N) is 3. The van der Waals surface area contributed by atoms with Crippen molar-refractivity contribution in [1.82, 2.24) is 20.3 Å². The van der Waals surface area contributed by atoms with Gasteiger partial charge in [-0.2, -0.15) is 13.2 Å². The fourth-order valence-corrected chi connectivity index (χ4v) is 3.03. The number of anilines is 1. The van der Waals surface area contributed by atoms with E-state index in [-0.39, 0.29) is 0 Å². The van der Waals surface area contributed by atoms with E-state index >= 15 is 0 Å². The molecule has 0 aliphatic rings. The van der Waals surface area contributed by atoms with Gasteiger partial charge in [0, 0.05) is 35.1 Å². The summed E-state index contributed by atoms with van der Waals surface area (Å²) in [6.07, 6.45) is 3.48. The number of hydrogen-bond donors (Lipinski definition) is 3. The summed E-state index contributed by atoms with van der Waals surface area (Å²) in [7, 11) is 0. The molecule has 0 fully saturated rings. The van der Waals surface area contributed by atoms with Gasteiger partial charge in [-0.3, -0.25) is 9.78 Å². The lowest BCUT2D eigenvalue weighted by molar-refractivity contribution is -0.138. The lowest BCUT2D eigenvalue weighted by Gasteiger charge is -2.18. The standard InChI is InChI=1S/C20H19ClF3N5O/c1-11(2)3-17(19(30)28-10-20(22,23)24)29-14-4-12(6-25-8-14)16-9-27-18-15(16)5-13(21)7-26-18/h3-9,17,29H,10H2,1-2H3,(H,26,27)(H,28,30). The van der Waals surface area contributed by atoms with Crippen molar-refractivity contribution >= 4 is 34.2 Å². The molecule has 1 unspecified atom stereocenters. The number of amides is 1. The number of nitrogens with zero attached hydrogens (tertiary/aromatic N) is 2. The highest BCUT2D eigenvalue weighted by Crippen LogP contribution is 2.30. The Morgan fingerprint density at radius 3 is 2.73 bits per heavy atom. The number of carbonyl (C=O) groups excluding carboxylic acids is 1. The summed E-state index contributed by atoms with van der Waals surface area (Å²) in [5, 5.41) is 6.12. The molecule has 1 amide bonds. The minimum atomic E-state index is -4.49. The number of aromatic nitrogens is 3. The second-order valence-electron chi connectivity index (χ2n) is 6.91. The first-order valence-electron chi connectivity index (χ1n) is 8.96. The van der Waals surface area contributed by atoms with Crippen molar-refractivity contribution in [2.24, 2.45) is 0 Å². The van der Waals surface area contributed by atoms with Crippen LogP contribution in [0.2, 0.25) is 5.02 Å². The molecule has 0 bridgehead atoms. The van der Waals surface area contributed by atoms with Gasteiger partial charge >= 0.3 is 6.18 Å². The van der Waals surface area contributed by atoms with Crippen LogP contribution in [0.5, 0.6) is 0 Å². The Labute approximate surface area is 175 Å². The molecule has 158 valence electrons. The maximum absolute atomic E-state index is 12.5. The molecule has 10 heteroatoms. The van der Waals surface area contributed by atoms with E-state index in [9.17, 15) is 18.0 Å². The lowest BCUT2D eigenvalue weighted by atomic mass is 10.1. The summed E-state index contributed by atoms with van der Waals surface area (Å²) < 4.78 is 37.4. The highest BCUT2D eigenvalue weighted by atomic mass is 35.5. The van der Waals surface area contributed by atoms with E-state index in [0.717, 1.165) is 22.1 Å². The zero-order chi connectivity index (χ0) is 21.9. The van der Waals surface area contributed by atoms with E-state index in [1.165, 1.54) is 12.4 Å². The molecule has 0 saturated heterocycles. The Balaban J connectivity index is 1.86. The highest BCUT2D eigenvalue weighted by molar-refractivity contribution is 6.31. The van der Waals surface area contributed by atoms with Crippen molar-refractivity contribution in [1.29, 1.82) is 0 Å². The molecule has 6 nitrogen and oxygen atoms in total. The third-order valence-electron chi connectivity index (χ3n) is 4.11. The van der Waals surface area contributed by atoms with Crippen LogP contribution in [0, 0.1) is 0 Å². The monoisotopic (exact) mass is 437 g/mol. The summed E-state index contributed by atoms with van der Waals surface area (Å²) in [6, 6.07) is 2.53. The van der Waals surface area contributed by atoms with Crippen LogP contribution in [-0.2, 0) is 4.79 Å². The Bertz CT molecular complexity index is 1090. The molecule has 3 N–H and O–H groups in total. The molecule has 0 aromatic carbocycles. The van der Waals surface area contributed by atoms with Crippen LogP contribution < -0.4 is 10.6 Å². The van der Waals surface area contributed by atoms with Crippen molar-refractivity contribution in [2.45, 2.75) is 26.1 Å². The number of halogens is 4. The lowest BCUT2D eigenvalue weighted by Crippen LogP contribution is -2.42. The van der Waals surface area contributed by atoms with Crippen LogP contribution in [0.1, 0.15) is 13.8 Å². The van der Waals surface area contributed by atoms with Gasteiger partial charge in [0.15, 0.2) is 0 Å². The average Bonchev–Trinajstić information content (AvgIpc) is 3.08. The summed E-state index contributed by atoms with van der Waals surface area (Å²) in [5.74, 6) is -0.790. The molecule has 0 spiro atoms. The number of hydrogen-bond acceptors (Lipinski definition) is 4. The SMILES string of the molecule is CC(C)=CC(Nc1cncc(-c2c[nH]c3ncc(Cl)cc23)c1)C(=O)NCC(F)(F)F. The highest BCUT2D eigenvalue weighted by Gasteiger charge is 2.29. The summed E-state index contributed by atoms with van der Waals surface area (Å²) >= 11 is 6.04. The zero-order valence-electron chi connectivity index (χ0n) is 16.1. The van der Waals surface area contributed by atoms with Crippen LogP contribution in [0.15, 0.2) is 48.6 Å². The predicted molar refractivity (Wildman–Crippen MR) is 110 cm³/mol. The first-order chi connectivity index (χ1) is 14.1. The molecule has 0 saturated carbocycles. The number of alkyl halides is 3. The predicted octanol–water partition coefficient (Wildman–Crippen LogP) is 4.70. The van der Waals surface area contributed by atoms with Crippen LogP contribution >= 0.6 is 11.6 Å². The first kappa shape index (κ1) is 21.6. The smallest absolute Gasteiger partial charge is 0.369 e. The van der Waals surface area contributed by atoms with Gasteiger partial charge in [0.25, 0.3) is 0 Å². The van der Waals surface area contributed by atoms with Crippen LogP contribution in [0.25, 0.3) is 22.2 Å². The van der Waals surface area contributed by atoms with Crippen molar-refractivity contribution in [3.05, 3.63) is 53.6 Å². The number of pyridine rings is 2. The molecule has 0 radical (unpaired) electrons. The number of allylic oxidation sites excluding steroid dienone is 1. The van der Waals surface area contributed by atoms with E-state index < -0.39 is 24.7 Å². The number of aromatic amines is 1. The van der Waals surface area contributed by atoms with E-state index in [1.54, 1.807) is 44.4 Å². The average molecular weight is 438 g/mol. The van der Waals surface area contributed by atoms with Gasteiger partial charge in [0.1, 0.15) is 18.2 Å². The maximum atomic E-state index is 12.5. The third-order valence-corrected chi connectivity index (χ3v) is 4.32. The topological polar surface area (TPSA) is 82.7 Å². The second kappa shape index (κ2) is 8.74. The molecule has 3 aromatic heterocycles. The van der Waals surface area contributed by atoms with Crippen LogP contribution in [0.3, 0.4) is 0 Å². The minimum absolute atomic E-state index is 0.474. The molecule has 3 heterocycles. The van der Waals surface area contributed by atoms with E-state index in [0.29, 0.717) is 16.4 Å². The summed E-state index contributed by atoms with van der Waals surface area (Å²) in [6.45, 7) is 2.11.